The van der Waals surface area contributed by atoms with Crippen molar-refractivity contribution >= 4 is 12.0 Å². The zero-order chi connectivity index (χ0) is 23.8. The molecular formula is C26H31N3O4. The van der Waals surface area contributed by atoms with Gasteiger partial charge in [-0.3, -0.25) is 0 Å². The van der Waals surface area contributed by atoms with Crippen LogP contribution < -0.4 is 0 Å². The SMILES string of the molecule is CCC=Cc1nc(C(CCC)(OC)OC)nn1Cc1ccc(-c2ccccc2C(=O)O)cc1. The summed E-state index contributed by atoms with van der Waals surface area (Å²) in [4.78, 5) is 16.3. The van der Waals surface area contributed by atoms with Crippen molar-refractivity contribution in [2.24, 2.45) is 0 Å². The molecule has 1 aromatic heterocycles. The molecular weight excluding hydrogens is 418 g/mol. The number of nitrogens with zero attached hydrogens (tertiary/aromatic N) is 3. The topological polar surface area (TPSA) is 86.5 Å². The first-order valence-corrected chi connectivity index (χ1v) is 11.1. The first kappa shape index (κ1) is 24.4. The Labute approximate surface area is 194 Å². The highest BCUT2D eigenvalue weighted by Crippen LogP contribution is 2.30. The predicted molar refractivity (Wildman–Crippen MR) is 128 cm³/mol. The minimum Gasteiger partial charge on any atom is -0.478 e. The molecule has 0 aliphatic carbocycles. The third-order valence-corrected chi connectivity index (χ3v) is 5.54. The lowest BCUT2D eigenvalue weighted by Gasteiger charge is -2.27. The van der Waals surface area contributed by atoms with Crippen LogP contribution in [0.4, 0.5) is 0 Å². The number of allylic oxidation sites excluding steroid dienone is 1. The van der Waals surface area contributed by atoms with E-state index in [1.807, 2.05) is 53.2 Å². The lowest BCUT2D eigenvalue weighted by molar-refractivity contribution is -0.225. The van der Waals surface area contributed by atoms with Crippen LogP contribution >= 0.6 is 0 Å². The Morgan fingerprint density at radius 3 is 2.39 bits per heavy atom. The van der Waals surface area contributed by atoms with Crippen LogP contribution in [0.3, 0.4) is 0 Å². The highest BCUT2D eigenvalue weighted by Gasteiger charge is 2.36. The molecule has 0 aliphatic rings. The summed E-state index contributed by atoms with van der Waals surface area (Å²) in [6.45, 7) is 4.64. The minimum absolute atomic E-state index is 0.282. The highest BCUT2D eigenvalue weighted by atomic mass is 16.7. The molecule has 0 saturated carbocycles. The van der Waals surface area contributed by atoms with E-state index in [0.29, 0.717) is 24.4 Å². The number of rotatable bonds is 11. The van der Waals surface area contributed by atoms with Gasteiger partial charge >= 0.3 is 5.97 Å². The smallest absolute Gasteiger partial charge is 0.336 e. The number of hydrogen-bond acceptors (Lipinski definition) is 5. The average molecular weight is 450 g/mol. The van der Waals surface area contributed by atoms with Crippen molar-refractivity contribution in [2.75, 3.05) is 14.2 Å². The van der Waals surface area contributed by atoms with E-state index in [2.05, 4.69) is 13.8 Å². The molecule has 7 heteroatoms. The average Bonchev–Trinajstić information content (AvgIpc) is 3.24. The van der Waals surface area contributed by atoms with E-state index in [0.717, 1.165) is 29.8 Å². The summed E-state index contributed by atoms with van der Waals surface area (Å²) < 4.78 is 13.2. The molecule has 2 aromatic carbocycles. The second-order valence-electron chi connectivity index (χ2n) is 7.72. The molecule has 0 spiro atoms. The van der Waals surface area contributed by atoms with Gasteiger partial charge in [-0.25, -0.2) is 14.5 Å². The number of carboxylic acid groups (broad SMARTS) is 1. The summed E-state index contributed by atoms with van der Waals surface area (Å²) in [7, 11) is 3.21. The number of ether oxygens (including phenoxy) is 2. The summed E-state index contributed by atoms with van der Waals surface area (Å²) in [6.07, 6.45) is 6.37. The normalized spacial score (nSPS) is 11.9. The van der Waals surface area contributed by atoms with Crippen molar-refractivity contribution in [2.45, 2.75) is 45.4 Å². The fourth-order valence-electron chi connectivity index (χ4n) is 3.77. The maximum atomic E-state index is 11.6. The minimum atomic E-state index is -0.987. The molecule has 0 unspecified atom stereocenters. The molecule has 0 fully saturated rings. The zero-order valence-corrected chi connectivity index (χ0v) is 19.6. The van der Waals surface area contributed by atoms with Crippen LogP contribution in [0.2, 0.25) is 0 Å². The molecule has 1 N–H and O–H groups in total. The zero-order valence-electron chi connectivity index (χ0n) is 19.6. The van der Waals surface area contributed by atoms with Crippen molar-refractivity contribution in [1.82, 2.24) is 14.8 Å². The van der Waals surface area contributed by atoms with E-state index in [9.17, 15) is 9.90 Å². The number of carboxylic acids is 1. The largest absolute Gasteiger partial charge is 0.478 e. The number of hydrogen-bond donors (Lipinski definition) is 1. The first-order valence-electron chi connectivity index (χ1n) is 11.1. The van der Waals surface area contributed by atoms with Crippen LogP contribution in [-0.4, -0.2) is 40.1 Å². The van der Waals surface area contributed by atoms with Gasteiger partial charge in [0.1, 0.15) is 0 Å². The van der Waals surface area contributed by atoms with Crippen molar-refractivity contribution in [1.29, 1.82) is 0 Å². The maximum absolute atomic E-state index is 11.6. The lowest BCUT2D eigenvalue weighted by Crippen LogP contribution is -2.32. The van der Waals surface area contributed by atoms with Crippen LogP contribution in [0.15, 0.2) is 54.6 Å². The van der Waals surface area contributed by atoms with Crippen molar-refractivity contribution < 1.29 is 19.4 Å². The molecule has 0 atom stereocenters. The number of methoxy groups -OCH3 is 2. The Kier molecular flexibility index (Phi) is 8.14. The van der Waals surface area contributed by atoms with Gasteiger partial charge in [-0.15, -0.1) is 5.10 Å². The van der Waals surface area contributed by atoms with Crippen molar-refractivity contribution in [3.8, 4) is 11.1 Å². The van der Waals surface area contributed by atoms with E-state index in [4.69, 9.17) is 19.6 Å². The van der Waals surface area contributed by atoms with E-state index < -0.39 is 11.8 Å². The summed E-state index contributed by atoms with van der Waals surface area (Å²) >= 11 is 0. The van der Waals surface area contributed by atoms with Crippen molar-refractivity contribution in [3.63, 3.8) is 0 Å². The lowest BCUT2D eigenvalue weighted by atomic mass is 9.99. The molecule has 0 radical (unpaired) electrons. The van der Waals surface area contributed by atoms with E-state index >= 15 is 0 Å². The summed E-state index contributed by atoms with van der Waals surface area (Å²) in [5.41, 5.74) is 2.84. The van der Waals surface area contributed by atoms with E-state index in [-0.39, 0.29) is 5.56 Å². The Morgan fingerprint density at radius 1 is 1.09 bits per heavy atom. The predicted octanol–water partition coefficient (Wildman–Crippen LogP) is 5.36. The van der Waals surface area contributed by atoms with Gasteiger partial charge in [0, 0.05) is 20.6 Å². The first-order chi connectivity index (χ1) is 16.0. The summed E-state index contributed by atoms with van der Waals surface area (Å²) in [5.74, 6) is -0.706. The number of aromatic nitrogens is 3. The number of benzene rings is 2. The number of aromatic carboxylic acids is 1. The van der Waals surface area contributed by atoms with Gasteiger partial charge in [-0.2, -0.15) is 0 Å². The summed E-state index contributed by atoms with van der Waals surface area (Å²) in [6, 6.07) is 14.8. The molecule has 7 nitrogen and oxygen atoms in total. The number of carbonyl (C=O) groups is 1. The molecule has 0 bridgehead atoms. The fraction of sp³-hybridized carbons (Fsp3) is 0.346. The van der Waals surface area contributed by atoms with Gasteiger partial charge in [-0.05, 0) is 35.3 Å². The maximum Gasteiger partial charge on any atom is 0.336 e. The second-order valence-corrected chi connectivity index (χ2v) is 7.72. The molecule has 33 heavy (non-hydrogen) atoms. The quantitative estimate of drug-likeness (QED) is 0.397. The van der Waals surface area contributed by atoms with Crippen LogP contribution in [0.5, 0.6) is 0 Å². The Morgan fingerprint density at radius 2 is 1.79 bits per heavy atom. The fourth-order valence-corrected chi connectivity index (χ4v) is 3.77. The van der Waals surface area contributed by atoms with Crippen LogP contribution in [0.1, 0.15) is 60.7 Å². The van der Waals surface area contributed by atoms with Gasteiger partial charge in [0.25, 0.3) is 0 Å². The van der Waals surface area contributed by atoms with Gasteiger partial charge in [0.2, 0.25) is 11.6 Å². The van der Waals surface area contributed by atoms with Crippen molar-refractivity contribution in [3.05, 3.63) is 77.4 Å². The van der Waals surface area contributed by atoms with Crippen LogP contribution in [0.25, 0.3) is 17.2 Å². The van der Waals surface area contributed by atoms with Gasteiger partial charge in [0.05, 0.1) is 12.1 Å². The third kappa shape index (κ3) is 5.38. The highest BCUT2D eigenvalue weighted by molar-refractivity contribution is 5.95. The molecule has 0 saturated heterocycles. The van der Waals surface area contributed by atoms with Gasteiger partial charge in [-0.1, -0.05) is 68.8 Å². The molecule has 1 heterocycles. The van der Waals surface area contributed by atoms with Crippen LogP contribution in [-0.2, 0) is 21.8 Å². The second kappa shape index (κ2) is 11.0. The molecule has 0 amide bonds. The third-order valence-electron chi connectivity index (χ3n) is 5.54. The Balaban J connectivity index is 1.93. The Bertz CT molecular complexity index is 1100. The van der Waals surface area contributed by atoms with Crippen LogP contribution in [0, 0.1) is 0 Å². The molecule has 3 aromatic rings. The standard InChI is InChI=1S/C26H31N3O4/c1-5-7-12-23-27-25(26(32-3,33-4)17-6-2)28-29(23)18-19-13-15-20(16-14-19)21-10-8-9-11-22(21)24(30)31/h7-16H,5-6,17-18H2,1-4H3,(H,30,31). The van der Waals surface area contributed by atoms with E-state index in [1.54, 1.807) is 26.4 Å². The summed E-state index contributed by atoms with van der Waals surface area (Å²) in [5, 5.41) is 14.2. The molecule has 0 aliphatic heterocycles. The molecule has 3 rings (SSSR count). The van der Waals surface area contributed by atoms with Gasteiger partial charge < -0.3 is 14.6 Å². The molecule has 174 valence electrons. The van der Waals surface area contributed by atoms with Gasteiger partial charge in [0.15, 0.2) is 5.82 Å². The Hall–Kier alpha value is -3.29. The van der Waals surface area contributed by atoms with E-state index in [1.165, 1.54) is 0 Å². The monoisotopic (exact) mass is 449 g/mol.